The van der Waals surface area contributed by atoms with E-state index in [1.165, 1.54) is 7.11 Å². The van der Waals surface area contributed by atoms with Gasteiger partial charge in [-0.05, 0) is 20.3 Å². The number of ether oxygens (including phenoxy) is 4. The minimum Gasteiger partial charge on any atom is 0 e. The van der Waals surface area contributed by atoms with Gasteiger partial charge in [0.25, 0.3) is 0 Å². The second-order valence-electron chi connectivity index (χ2n) is 4.30. The van der Waals surface area contributed by atoms with Gasteiger partial charge in [0.2, 0.25) is 0 Å². The van der Waals surface area contributed by atoms with E-state index in [2.05, 4.69) is 57.9 Å². The zero-order valence-corrected chi connectivity index (χ0v) is 22.3. The van der Waals surface area contributed by atoms with Crippen molar-refractivity contribution in [3.63, 3.8) is 0 Å². The molecule has 15 nitrogen and oxygen atoms in total. The van der Waals surface area contributed by atoms with E-state index in [0.717, 1.165) is 0 Å². The van der Waals surface area contributed by atoms with E-state index in [4.69, 9.17) is 51.4 Å². The van der Waals surface area contributed by atoms with Crippen LogP contribution in [0.4, 0.5) is 0 Å². The summed E-state index contributed by atoms with van der Waals surface area (Å²) in [6.07, 6.45) is -0.810. The van der Waals surface area contributed by atoms with Crippen molar-refractivity contribution >= 4 is 17.9 Å². The first-order chi connectivity index (χ1) is 17.5. The molecular formula is C21H20Mn2O15. The smallest absolute Gasteiger partial charge is 0 e. The maximum absolute atomic E-state index is 11.9. The van der Waals surface area contributed by atoms with Crippen LogP contribution in [-0.2, 0) is 105 Å². The van der Waals surface area contributed by atoms with E-state index >= 15 is 0 Å². The third-order valence-corrected chi connectivity index (χ3v) is 3.07. The Morgan fingerprint density at radius 1 is 0.632 bits per heavy atom. The molecule has 0 aromatic rings. The molecule has 0 aromatic carbocycles. The van der Waals surface area contributed by atoms with Crippen LogP contribution >= 0.6 is 0 Å². The average Bonchev–Trinajstić information content (AvgIpc) is 3.00. The van der Waals surface area contributed by atoms with Crippen LogP contribution in [0.25, 0.3) is 0 Å². The Labute approximate surface area is 240 Å². The predicted octanol–water partition coefficient (Wildman–Crippen LogP) is 0.00182. The van der Waals surface area contributed by atoms with Gasteiger partial charge < -0.3 is 18.9 Å². The first-order valence-electron chi connectivity index (χ1n) is 8.21. The summed E-state index contributed by atoms with van der Waals surface area (Å²) in [7, 11) is 1.24. The predicted molar refractivity (Wildman–Crippen MR) is 98.1 cm³/mol. The molecule has 3 atom stereocenters. The monoisotopic (exact) mass is 622 g/mol. The van der Waals surface area contributed by atoms with E-state index in [-0.39, 0.29) is 60.4 Å². The minimum absolute atomic E-state index is 0. The minimum atomic E-state index is -0.861. The van der Waals surface area contributed by atoms with E-state index in [0.29, 0.717) is 0 Å². The molecule has 208 valence electrons. The third-order valence-electron chi connectivity index (χ3n) is 3.07. The van der Waals surface area contributed by atoms with Crippen molar-refractivity contribution in [3.8, 4) is 0 Å². The third kappa shape index (κ3) is 37.9. The van der Waals surface area contributed by atoms with Gasteiger partial charge in [-0.2, -0.15) is 0 Å². The first-order valence-corrected chi connectivity index (χ1v) is 8.21. The van der Waals surface area contributed by atoms with Gasteiger partial charge in [-0.25, -0.2) is 4.79 Å². The standard InChI is InChI=1S/C13H20O7.8CO.2Mn/c1-4-18-11(14)8-6-10(13(16)17-3)20-7-9(8)12(15)19-5-2;8*1-2;;/h8-10H,4-7H2,1-3H3;;;;;;;;;;. The van der Waals surface area contributed by atoms with Crippen molar-refractivity contribution in [1.29, 1.82) is 0 Å². The molecule has 1 aliphatic heterocycles. The van der Waals surface area contributed by atoms with Crippen molar-refractivity contribution in [2.75, 3.05) is 26.9 Å². The van der Waals surface area contributed by atoms with Crippen LogP contribution in [0, 0.1) is 65.0 Å². The molecule has 0 aliphatic carbocycles. The quantitative estimate of drug-likeness (QED) is 0.133. The summed E-state index contributed by atoms with van der Waals surface area (Å²) < 4.78 is 79.7. The molecule has 1 heterocycles. The van der Waals surface area contributed by atoms with E-state index in [9.17, 15) is 14.4 Å². The molecule has 17 heteroatoms. The van der Waals surface area contributed by atoms with Gasteiger partial charge in [0.15, 0.2) is 6.10 Å². The molecule has 1 saturated heterocycles. The Hall–Kier alpha value is -2.67. The SMILES string of the molecule is CCOC(=O)C1COC(C(=O)OC)CC1C(=O)OCC.[C-]#[O+].[C-]#[O+].[C-]#[O+].[C-]#[O+].[C-]#[O+].[C-]#[O+].[C-]#[O+].[C-]#[O+].[Mn].[Mn]. The number of carbonyl (C=O) groups excluding carboxylic acids is 3. The molecule has 0 N–H and O–H groups in total. The summed E-state index contributed by atoms with van der Waals surface area (Å²) in [5.41, 5.74) is 0. The van der Waals surface area contributed by atoms with E-state index in [1.54, 1.807) is 13.8 Å². The topological polar surface area (TPSA) is 247 Å². The summed E-state index contributed by atoms with van der Waals surface area (Å²) in [6, 6.07) is 0. The number of esters is 3. The molecule has 38 heavy (non-hydrogen) atoms. The summed E-state index contributed by atoms with van der Waals surface area (Å²) in [4.78, 5) is 35.3. The second-order valence-corrected chi connectivity index (χ2v) is 4.30. The average molecular weight is 622 g/mol. The normalized spacial score (nSPS) is 13.9. The van der Waals surface area contributed by atoms with E-state index < -0.39 is 35.8 Å². The van der Waals surface area contributed by atoms with Gasteiger partial charge in [0.05, 0.1) is 38.8 Å². The van der Waals surface area contributed by atoms with Crippen LogP contribution < -0.4 is 0 Å². The fourth-order valence-electron chi connectivity index (χ4n) is 2.09. The largest absolute Gasteiger partial charge is 0 e. The molecule has 2 radical (unpaired) electrons. The first kappa shape index (κ1) is 64.9. The van der Waals surface area contributed by atoms with E-state index in [1.807, 2.05) is 0 Å². The van der Waals surface area contributed by atoms with Crippen molar-refractivity contribution < 1.29 is 105 Å². The molecule has 0 bridgehead atoms. The maximum Gasteiger partial charge on any atom is 0 e. The molecule has 0 spiro atoms. The van der Waals surface area contributed by atoms with Crippen molar-refractivity contribution in [1.82, 2.24) is 0 Å². The fourth-order valence-corrected chi connectivity index (χ4v) is 2.09. The second kappa shape index (κ2) is 70.1. The van der Waals surface area contributed by atoms with Gasteiger partial charge in [-0.15, -0.1) is 0 Å². The molecule has 0 aromatic heterocycles. The fraction of sp³-hybridized carbons (Fsp3) is 0.476. The Bertz CT molecular complexity index is 619. The summed E-state index contributed by atoms with van der Waals surface area (Å²) in [5.74, 6) is -3.13. The maximum atomic E-state index is 11.9. The van der Waals surface area contributed by atoms with Crippen LogP contribution in [0.5, 0.6) is 0 Å². The summed E-state index contributed by atoms with van der Waals surface area (Å²) in [6.45, 7) is 39.7. The summed E-state index contributed by atoms with van der Waals surface area (Å²) >= 11 is 0. The number of rotatable bonds is 5. The molecule has 0 amide bonds. The number of hydrogen-bond donors (Lipinski definition) is 0. The molecule has 3 unspecified atom stereocenters. The zero-order chi connectivity index (χ0) is 31.1. The number of hydrogen-bond acceptors (Lipinski definition) is 7. The molecule has 1 aliphatic rings. The Morgan fingerprint density at radius 2 is 0.921 bits per heavy atom. The van der Waals surface area contributed by atoms with Crippen LogP contribution in [-0.4, -0.2) is 50.9 Å². The van der Waals surface area contributed by atoms with Gasteiger partial charge in [-0.1, -0.05) is 0 Å². The molecule has 1 fully saturated rings. The van der Waals surface area contributed by atoms with Gasteiger partial charge >= 0.3 is 108 Å². The van der Waals surface area contributed by atoms with Gasteiger partial charge in [0, 0.05) is 34.1 Å². The number of methoxy groups -OCH3 is 1. The van der Waals surface area contributed by atoms with Gasteiger partial charge in [0.1, 0.15) is 0 Å². The van der Waals surface area contributed by atoms with Crippen LogP contribution in [0.15, 0.2) is 0 Å². The van der Waals surface area contributed by atoms with Crippen molar-refractivity contribution in [3.05, 3.63) is 53.2 Å². The Morgan fingerprint density at radius 3 is 1.18 bits per heavy atom. The van der Waals surface area contributed by atoms with Gasteiger partial charge in [-0.3, -0.25) is 9.59 Å². The van der Waals surface area contributed by atoms with Crippen LogP contribution in [0.1, 0.15) is 20.3 Å². The number of carbonyl (C=O) groups is 3. The zero-order valence-electron chi connectivity index (χ0n) is 19.9. The summed E-state index contributed by atoms with van der Waals surface area (Å²) in [5, 5.41) is 0. The molecular weight excluding hydrogens is 602 g/mol. The van der Waals surface area contributed by atoms with Crippen LogP contribution in [0.3, 0.4) is 0 Å². The van der Waals surface area contributed by atoms with Crippen molar-refractivity contribution in [2.45, 2.75) is 26.4 Å². The van der Waals surface area contributed by atoms with Crippen LogP contribution in [0.2, 0.25) is 0 Å². The van der Waals surface area contributed by atoms with Crippen molar-refractivity contribution in [2.24, 2.45) is 11.8 Å². The molecule has 1 rings (SSSR count). The molecule has 0 saturated carbocycles. The Balaban J connectivity index is -0.0000000467. The Kier molecular flexibility index (Phi) is 120.